The van der Waals surface area contributed by atoms with Crippen molar-refractivity contribution in [1.29, 1.82) is 0 Å². The van der Waals surface area contributed by atoms with Gasteiger partial charge in [-0.05, 0) is 39.0 Å². The summed E-state index contributed by atoms with van der Waals surface area (Å²) < 4.78 is 40.2. The molecule has 1 aromatic rings. The van der Waals surface area contributed by atoms with E-state index >= 15 is 0 Å². The molecule has 0 aromatic carbocycles. The monoisotopic (exact) mass is 422 g/mol. The highest BCUT2D eigenvalue weighted by Crippen LogP contribution is 2.36. The van der Waals surface area contributed by atoms with Crippen LogP contribution in [0.2, 0.25) is 0 Å². The zero-order chi connectivity index (χ0) is 22.5. The number of hydrogen-bond donors (Lipinski definition) is 2. The number of amides is 1. The lowest BCUT2D eigenvalue weighted by Crippen LogP contribution is -2.40. The maximum atomic E-state index is 13.4. The molecule has 1 aliphatic rings. The number of carbonyl (C=O) groups is 1. The molecule has 0 spiro atoms. The number of carbonyl (C=O) groups excluding carboxylic acids is 1. The van der Waals surface area contributed by atoms with Gasteiger partial charge in [0, 0.05) is 48.4 Å². The molecule has 164 valence electrons. The second-order valence-electron chi connectivity index (χ2n) is 7.54. The summed E-state index contributed by atoms with van der Waals surface area (Å²) in [5, 5.41) is 5.99. The number of alkyl halides is 3. The molecule has 0 atom stereocenters. The van der Waals surface area contributed by atoms with Gasteiger partial charge in [0.15, 0.2) is 0 Å². The van der Waals surface area contributed by atoms with Gasteiger partial charge in [-0.1, -0.05) is 25.8 Å². The maximum Gasteiger partial charge on any atom is 0.417 e. The summed E-state index contributed by atoms with van der Waals surface area (Å²) in [6.45, 7) is 14.5. The Morgan fingerprint density at radius 1 is 1.33 bits per heavy atom. The molecule has 8 heteroatoms. The first-order valence-electron chi connectivity index (χ1n) is 9.84. The number of aromatic nitrogens is 1. The van der Waals surface area contributed by atoms with Gasteiger partial charge in [-0.2, -0.15) is 13.2 Å². The van der Waals surface area contributed by atoms with Crippen molar-refractivity contribution in [3.05, 3.63) is 48.3 Å². The first-order chi connectivity index (χ1) is 14.0. The van der Waals surface area contributed by atoms with E-state index in [2.05, 4.69) is 47.3 Å². The first-order valence-corrected chi connectivity index (χ1v) is 9.84. The van der Waals surface area contributed by atoms with Crippen molar-refractivity contribution in [1.82, 2.24) is 20.5 Å². The van der Waals surface area contributed by atoms with Crippen molar-refractivity contribution >= 4 is 23.3 Å². The van der Waals surface area contributed by atoms with E-state index in [4.69, 9.17) is 0 Å². The maximum absolute atomic E-state index is 13.4. The van der Waals surface area contributed by atoms with E-state index in [0.717, 1.165) is 25.9 Å². The Hall–Kier alpha value is -2.61. The first kappa shape index (κ1) is 23.7. The number of pyridine rings is 1. The molecule has 1 aromatic heterocycles. The van der Waals surface area contributed by atoms with E-state index in [1.54, 1.807) is 6.07 Å². The number of nitrogens with zero attached hydrogens (tertiary/aromatic N) is 2. The quantitative estimate of drug-likeness (QED) is 0.672. The van der Waals surface area contributed by atoms with Crippen molar-refractivity contribution in [2.75, 3.05) is 26.7 Å². The summed E-state index contributed by atoms with van der Waals surface area (Å²) in [7, 11) is 2.06. The fourth-order valence-corrected chi connectivity index (χ4v) is 3.40. The lowest BCUT2D eigenvalue weighted by atomic mass is 9.96. The van der Waals surface area contributed by atoms with Gasteiger partial charge in [-0.25, -0.2) is 0 Å². The zero-order valence-corrected chi connectivity index (χ0v) is 17.5. The highest BCUT2D eigenvalue weighted by molar-refractivity contribution is 5.81. The molecule has 0 radical (unpaired) electrons. The van der Waals surface area contributed by atoms with Crippen LogP contribution in [-0.2, 0) is 11.2 Å². The van der Waals surface area contributed by atoms with Crippen LogP contribution >= 0.6 is 0 Å². The van der Waals surface area contributed by atoms with Crippen molar-refractivity contribution < 1.29 is 18.0 Å². The second-order valence-corrected chi connectivity index (χ2v) is 7.54. The van der Waals surface area contributed by atoms with Gasteiger partial charge in [0.2, 0.25) is 5.91 Å². The fourth-order valence-electron chi connectivity index (χ4n) is 3.40. The SMILES string of the molecule is C=Cc1c(C(=C)NC2CCN(C)CC2)cc(CCNC(C)=O)nc1C(=C)C(F)(F)F. The molecule has 2 N–H and O–H groups in total. The molecule has 2 rings (SSSR count). The zero-order valence-electron chi connectivity index (χ0n) is 17.5. The standard InChI is InChI=1S/C22H29F3N4O/c1-6-19-20(15(3)27-17-8-11-29(5)12-9-17)13-18(7-10-26-16(4)30)28-21(19)14(2)22(23,24)25/h6,13,17,27H,1-3,7-12H2,4-5H3,(H,26,30). The molecule has 2 heterocycles. The third kappa shape index (κ3) is 6.19. The largest absolute Gasteiger partial charge is 0.417 e. The molecule has 1 aliphatic heterocycles. The Morgan fingerprint density at radius 2 is 1.97 bits per heavy atom. The van der Waals surface area contributed by atoms with Crippen molar-refractivity contribution in [3.63, 3.8) is 0 Å². The van der Waals surface area contributed by atoms with Crippen molar-refractivity contribution in [2.24, 2.45) is 0 Å². The molecule has 1 saturated heterocycles. The highest BCUT2D eigenvalue weighted by Gasteiger charge is 2.35. The Labute approximate surface area is 175 Å². The van der Waals surface area contributed by atoms with E-state index in [0.29, 0.717) is 17.0 Å². The molecule has 1 fully saturated rings. The van der Waals surface area contributed by atoms with Crippen LogP contribution in [0, 0.1) is 0 Å². The molecule has 1 amide bonds. The number of nitrogens with one attached hydrogen (secondary N) is 2. The normalized spacial score (nSPS) is 15.5. The van der Waals surface area contributed by atoms with Crippen LogP contribution in [0.15, 0.2) is 25.8 Å². The van der Waals surface area contributed by atoms with E-state index in [9.17, 15) is 18.0 Å². The summed E-state index contributed by atoms with van der Waals surface area (Å²) in [4.78, 5) is 17.5. The third-order valence-electron chi connectivity index (χ3n) is 5.12. The molecular weight excluding hydrogens is 393 g/mol. The molecular formula is C22H29F3N4O. The third-order valence-corrected chi connectivity index (χ3v) is 5.12. The second kappa shape index (κ2) is 9.93. The van der Waals surface area contributed by atoms with Gasteiger partial charge >= 0.3 is 6.18 Å². The predicted octanol–water partition coefficient (Wildman–Crippen LogP) is 3.63. The van der Waals surface area contributed by atoms with Crippen LogP contribution in [0.5, 0.6) is 0 Å². The highest BCUT2D eigenvalue weighted by atomic mass is 19.4. The minimum absolute atomic E-state index is 0.191. The minimum Gasteiger partial charge on any atom is -0.382 e. The smallest absolute Gasteiger partial charge is 0.382 e. The molecule has 0 bridgehead atoms. The number of halogens is 3. The van der Waals surface area contributed by atoms with Crippen LogP contribution in [0.25, 0.3) is 17.3 Å². The van der Waals surface area contributed by atoms with Crippen molar-refractivity contribution in [3.8, 4) is 0 Å². The Balaban J connectivity index is 2.39. The van der Waals surface area contributed by atoms with Gasteiger partial charge < -0.3 is 15.5 Å². The topological polar surface area (TPSA) is 57.3 Å². The van der Waals surface area contributed by atoms with Crippen LogP contribution in [0.3, 0.4) is 0 Å². The average Bonchev–Trinajstić information content (AvgIpc) is 2.67. The molecule has 0 unspecified atom stereocenters. The summed E-state index contributed by atoms with van der Waals surface area (Å²) in [6, 6.07) is 1.90. The summed E-state index contributed by atoms with van der Waals surface area (Å²) in [5.41, 5.74) is 0.393. The molecule has 30 heavy (non-hydrogen) atoms. The summed E-state index contributed by atoms with van der Waals surface area (Å²) in [5.74, 6) is -0.216. The Kier molecular flexibility index (Phi) is 7.83. The van der Waals surface area contributed by atoms with Gasteiger partial charge in [0.1, 0.15) is 0 Å². The molecule has 5 nitrogen and oxygen atoms in total. The number of likely N-dealkylation sites (tertiary alicyclic amines) is 1. The Morgan fingerprint density at radius 3 is 2.50 bits per heavy atom. The van der Waals surface area contributed by atoms with Crippen LogP contribution in [0.1, 0.15) is 42.3 Å². The van der Waals surface area contributed by atoms with E-state index in [1.165, 1.54) is 13.0 Å². The van der Waals surface area contributed by atoms with Crippen LogP contribution < -0.4 is 10.6 Å². The number of rotatable bonds is 8. The van der Waals surface area contributed by atoms with Crippen LogP contribution in [0.4, 0.5) is 13.2 Å². The van der Waals surface area contributed by atoms with Crippen molar-refractivity contribution in [2.45, 2.75) is 38.4 Å². The predicted molar refractivity (Wildman–Crippen MR) is 114 cm³/mol. The van der Waals surface area contributed by atoms with E-state index in [1.807, 2.05) is 0 Å². The van der Waals surface area contributed by atoms with Gasteiger partial charge in [-0.3, -0.25) is 9.78 Å². The lowest BCUT2D eigenvalue weighted by molar-refractivity contribution is -0.118. The summed E-state index contributed by atoms with van der Waals surface area (Å²) in [6.07, 6.45) is -1.15. The van der Waals surface area contributed by atoms with Gasteiger partial charge in [-0.15, -0.1) is 0 Å². The Bertz CT molecular complexity index is 824. The number of allylic oxidation sites excluding steroid dienone is 1. The number of piperidine rings is 1. The fraction of sp³-hybridized carbons (Fsp3) is 0.455. The molecule has 0 saturated carbocycles. The minimum atomic E-state index is -4.62. The van der Waals surface area contributed by atoms with E-state index < -0.39 is 11.7 Å². The summed E-state index contributed by atoms with van der Waals surface area (Å²) >= 11 is 0. The molecule has 0 aliphatic carbocycles. The van der Waals surface area contributed by atoms with E-state index in [-0.39, 0.29) is 36.2 Å². The van der Waals surface area contributed by atoms with Gasteiger partial charge in [0.05, 0.1) is 11.3 Å². The lowest BCUT2D eigenvalue weighted by Gasteiger charge is -2.31. The number of hydrogen-bond acceptors (Lipinski definition) is 4. The van der Waals surface area contributed by atoms with Gasteiger partial charge in [0.25, 0.3) is 0 Å². The van der Waals surface area contributed by atoms with Crippen LogP contribution in [-0.4, -0.2) is 54.7 Å². The average molecular weight is 422 g/mol.